The van der Waals surface area contributed by atoms with Crippen LogP contribution in [0.3, 0.4) is 0 Å². The van der Waals surface area contributed by atoms with Crippen LogP contribution < -0.4 is 0 Å². The molecule has 3 aromatic rings. The third-order valence-corrected chi connectivity index (χ3v) is 3.15. The lowest BCUT2D eigenvalue weighted by Gasteiger charge is -2.01. The summed E-state index contributed by atoms with van der Waals surface area (Å²) in [6.45, 7) is 0. The van der Waals surface area contributed by atoms with Crippen LogP contribution >= 0.6 is 0 Å². The average molecular weight is 248 g/mol. The van der Waals surface area contributed by atoms with Crippen molar-refractivity contribution >= 4 is 11.0 Å². The van der Waals surface area contributed by atoms with E-state index in [4.69, 9.17) is 5.26 Å². The second-order valence-electron chi connectivity index (χ2n) is 4.39. The number of benzene rings is 1. The van der Waals surface area contributed by atoms with Gasteiger partial charge >= 0.3 is 0 Å². The summed E-state index contributed by atoms with van der Waals surface area (Å²) < 4.78 is 2.04. The molecule has 0 aliphatic heterocycles. The molecule has 0 saturated carbocycles. The maximum Gasteiger partial charge on any atom is 0.142 e. The van der Waals surface area contributed by atoms with Crippen molar-refractivity contribution < 1.29 is 0 Å². The van der Waals surface area contributed by atoms with Gasteiger partial charge in [-0.05, 0) is 29.8 Å². The number of imidazole rings is 1. The van der Waals surface area contributed by atoms with E-state index in [0.717, 1.165) is 28.0 Å². The summed E-state index contributed by atoms with van der Waals surface area (Å²) in [6.07, 6.45) is 3.96. The van der Waals surface area contributed by atoms with Gasteiger partial charge in [-0.25, -0.2) is 4.98 Å². The molecule has 0 aliphatic rings. The number of hydrogen-bond acceptors (Lipinski definition) is 3. The van der Waals surface area contributed by atoms with Crippen LogP contribution in [0.5, 0.6) is 0 Å². The summed E-state index contributed by atoms with van der Waals surface area (Å²) in [6, 6.07) is 12.0. The summed E-state index contributed by atoms with van der Waals surface area (Å²) in [7, 11) is 1.99. The first-order chi connectivity index (χ1) is 9.29. The molecular weight excluding hydrogens is 236 g/mol. The molecule has 4 heteroatoms. The molecule has 0 saturated heterocycles. The minimum atomic E-state index is 0.411. The van der Waals surface area contributed by atoms with Crippen molar-refractivity contribution in [3.05, 3.63) is 48.3 Å². The summed E-state index contributed by atoms with van der Waals surface area (Å²) in [5, 5.41) is 8.75. The van der Waals surface area contributed by atoms with Crippen LogP contribution in [0.4, 0.5) is 0 Å². The van der Waals surface area contributed by atoms with Gasteiger partial charge in [-0.2, -0.15) is 5.26 Å². The van der Waals surface area contributed by atoms with Crippen molar-refractivity contribution in [2.24, 2.45) is 7.05 Å². The van der Waals surface area contributed by atoms with E-state index in [-0.39, 0.29) is 0 Å². The highest BCUT2D eigenvalue weighted by Gasteiger charge is 2.10. The largest absolute Gasteiger partial charge is 0.327 e. The van der Waals surface area contributed by atoms with Crippen LogP contribution in [0.1, 0.15) is 5.56 Å². The Morgan fingerprint density at radius 2 is 2.21 bits per heavy atom. The standard InChI is InChI=1S/C15H12N4/c1-19-14-5-4-11(6-7-16)9-13(14)18-15(19)12-3-2-8-17-10-12/h2-5,8-10H,6H2,1H3. The van der Waals surface area contributed by atoms with E-state index in [9.17, 15) is 0 Å². The molecule has 2 heterocycles. The van der Waals surface area contributed by atoms with Gasteiger partial charge in [-0.15, -0.1) is 0 Å². The van der Waals surface area contributed by atoms with E-state index in [1.807, 2.05) is 41.9 Å². The first kappa shape index (κ1) is 11.4. The van der Waals surface area contributed by atoms with Crippen molar-refractivity contribution in [3.8, 4) is 17.5 Å². The second kappa shape index (κ2) is 4.54. The topological polar surface area (TPSA) is 54.5 Å². The molecule has 3 rings (SSSR count). The molecule has 0 radical (unpaired) electrons. The number of nitrogens with zero attached hydrogens (tertiary/aromatic N) is 4. The number of pyridine rings is 1. The lowest BCUT2D eigenvalue weighted by molar-refractivity contribution is 0.957. The van der Waals surface area contributed by atoms with Gasteiger partial charge in [0.05, 0.1) is 23.5 Å². The monoisotopic (exact) mass is 248 g/mol. The number of hydrogen-bond donors (Lipinski definition) is 0. The lowest BCUT2D eigenvalue weighted by atomic mass is 10.1. The Labute approximate surface area is 111 Å². The molecule has 1 aromatic carbocycles. The fourth-order valence-electron chi connectivity index (χ4n) is 2.20. The third-order valence-electron chi connectivity index (χ3n) is 3.15. The molecule has 4 nitrogen and oxygen atoms in total. The van der Waals surface area contributed by atoms with Gasteiger partial charge in [-0.1, -0.05) is 6.07 Å². The van der Waals surface area contributed by atoms with Crippen LogP contribution in [0.15, 0.2) is 42.7 Å². The average Bonchev–Trinajstić information content (AvgIpc) is 2.77. The van der Waals surface area contributed by atoms with Crippen molar-refractivity contribution in [2.75, 3.05) is 0 Å². The zero-order valence-electron chi connectivity index (χ0n) is 10.5. The molecule has 2 aromatic heterocycles. The van der Waals surface area contributed by atoms with Crippen molar-refractivity contribution in [2.45, 2.75) is 6.42 Å². The normalized spacial score (nSPS) is 10.5. The summed E-state index contributed by atoms with van der Waals surface area (Å²) in [5.74, 6) is 0.886. The van der Waals surface area contributed by atoms with Crippen LogP contribution in [0.25, 0.3) is 22.4 Å². The Morgan fingerprint density at radius 1 is 1.32 bits per heavy atom. The first-order valence-electron chi connectivity index (χ1n) is 6.02. The van der Waals surface area contributed by atoms with E-state index >= 15 is 0 Å². The van der Waals surface area contributed by atoms with Gasteiger partial charge < -0.3 is 4.57 Å². The fraction of sp³-hybridized carbons (Fsp3) is 0.133. The molecule has 92 valence electrons. The molecule has 0 unspecified atom stereocenters. The van der Waals surface area contributed by atoms with Crippen LogP contribution in [0.2, 0.25) is 0 Å². The van der Waals surface area contributed by atoms with Crippen LogP contribution in [-0.4, -0.2) is 14.5 Å². The third kappa shape index (κ3) is 1.95. The van der Waals surface area contributed by atoms with E-state index < -0.39 is 0 Å². The lowest BCUT2D eigenvalue weighted by Crippen LogP contribution is -1.92. The molecule has 0 N–H and O–H groups in total. The molecule has 0 fully saturated rings. The summed E-state index contributed by atoms with van der Waals surface area (Å²) in [4.78, 5) is 8.76. The van der Waals surface area contributed by atoms with E-state index in [0.29, 0.717) is 6.42 Å². The minimum Gasteiger partial charge on any atom is -0.327 e. The van der Waals surface area contributed by atoms with Crippen LogP contribution in [0, 0.1) is 11.3 Å². The molecule has 0 atom stereocenters. The number of aromatic nitrogens is 3. The first-order valence-corrected chi connectivity index (χ1v) is 6.02. The molecular formula is C15H12N4. The van der Waals surface area contributed by atoms with E-state index in [1.165, 1.54) is 0 Å². The van der Waals surface area contributed by atoms with Gasteiger partial charge in [0.1, 0.15) is 5.82 Å². The van der Waals surface area contributed by atoms with Gasteiger partial charge in [0.25, 0.3) is 0 Å². The van der Waals surface area contributed by atoms with Crippen molar-refractivity contribution in [1.29, 1.82) is 5.26 Å². The highest BCUT2D eigenvalue weighted by Crippen LogP contribution is 2.23. The Kier molecular flexibility index (Phi) is 2.73. The number of rotatable bonds is 2. The second-order valence-corrected chi connectivity index (χ2v) is 4.39. The van der Waals surface area contributed by atoms with Gasteiger partial charge in [0, 0.05) is 25.0 Å². The zero-order chi connectivity index (χ0) is 13.2. The van der Waals surface area contributed by atoms with Gasteiger partial charge in [-0.3, -0.25) is 4.98 Å². The van der Waals surface area contributed by atoms with Gasteiger partial charge in [0.2, 0.25) is 0 Å². The maximum absolute atomic E-state index is 8.75. The quantitative estimate of drug-likeness (QED) is 0.700. The number of fused-ring (bicyclic) bond motifs is 1. The molecule has 0 spiro atoms. The Morgan fingerprint density at radius 3 is 2.95 bits per heavy atom. The minimum absolute atomic E-state index is 0.411. The zero-order valence-corrected chi connectivity index (χ0v) is 10.5. The Hall–Kier alpha value is -2.67. The Balaban J connectivity index is 2.18. The molecule has 0 amide bonds. The molecule has 0 aliphatic carbocycles. The predicted molar refractivity (Wildman–Crippen MR) is 73.3 cm³/mol. The highest BCUT2D eigenvalue weighted by molar-refractivity contribution is 5.81. The van der Waals surface area contributed by atoms with Crippen LogP contribution in [-0.2, 0) is 13.5 Å². The van der Waals surface area contributed by atoms with Crippen molar-refractivity contribution in [3.63, 3.8) is 0 Å². The number of aryl methyl sites for hydroxylation is 1. The SMILES string of the molecule is Cn1c(-c2cccnc2)nc2cc(CC#N)ccc21. The number of nitriles is 1. The van der Waals surface area contributed by atoms with Crippen molar-refractivity contribution in [1.82, 2.24) is 14.5 Å². The summed E-state index contributed by atoms with van der Waals surface area (Å²) in [5.41, 5.74) is 3.95. The van der Waals surface area contributed by atoms with E-state index in [2.05, 4.69) is 16.0 Å². The maximum atomic E-state index is 8.75. The summed E-state index contributed by atoms with van der Waals surface area (Å²) >= 11 is 0. The predicted octanol–water partition coefficient (Wildman–Crippen LogP) is 2.70. The van der Waals surface area contributed by atoms with Gasteiger partial charge in [0.15, 0.2) is 0 Å². The smallest absolute Gasteiger partial charge is 0.142 e. The molecule has 19 heavy (non-hydrogen) atoms. The Bertz CT molecular complexity index is 766. The van der Waals surface area contributed by atoms with E-state index in [1.54, 1.807) is 12.4 Å². The highest BCUT2D eigenvalue weighted by atomic mass is 15.1. The molecule has 0 bridgehead atoms. The fourth-order valence-corrected chi connectivity index (χ4v) is 2.20.